The van der Waals surface area contributed by atoms with Gasteiger partial charge in [0.05, 0.1) is 26.2 Å². The molecule has 8 nitrogen and oxygen atoms in total. The summed E-state index contributed by atoms with van der Waals surface area (Å²) in [7, 11) is 3.29. The molecule has 2 aromatic carbocycles. The summed E-state index contributed by atoms with van der Waals surface area (Å²) in [5, 5.41) is 4.66. The van der Waals surface area contributed by atoms with Crippen LogP contribution in [0.4, 0.5) is 5.69 Å². The van der Waals surface area contributed by atoms with Crippen molar-refractivity contribution in [2.45, 2.75) is 40.2 Å². The van der Waals surface area contributed by atoms with Crippen molar-refractivity contribution in [3.63, 3.8) is 0 Å². The Hall–Kier alpha value is -4.33. The number of hydrogen-bond acceptors (Lipinski definition) is 7. The molecule has 0 fully saturated rings. The first-order valence-electron chi connectivity index (χ1n) is 13.5. The van der Waals surface area contributed by atoms with Crippen LogP contribution in [-0.4, -0.2) is 49.1 Å². The number of anilines is 1. The fraction of sp³-hybridized carbons (Fsp3) is 0.344. The summed E-state index contributed by atoms with van der Waals surface area (Å²) in [6, 6.07) is 17.3. The number of carbonyl (C=O) groups is 2. The summed E-state index contributed by atoms with van der Waals surface area (Å²) in [5.74, 6) is 1.24. The minimum Gasteiger partial charge on any atom is -0.481 e. The van der Waals surface area contributed by atoms with Crippen molar-refractivity contribution in [2.75, 3.05) is 32.6 Å². The van der Waals surface area contributed by atoms with E-state index in [9.17, 15) is 9.59 Å². The first-order chi connectivity index (χ1) is 19.2. The second-order valence-corrected chi connectivity index (χ2v) is 10.1. The summed E-state index contributed by atoms with van der Waals surface area (Å²) >= 11 is 0. The van der Waals surface area contributed by atoms with Crippen LogP contribution in [0.5, 0.6) is 5.88 Å². The third kappa shape index (κ3) is 6.45. The van der Waals surface area contributed by atoms with Crippen molar-refractivity contribution < 1.29 is 23.5 Å². The molecular formula is C32H37N3O5. The van der Waals surface area contributed by atoms with Gasteiger partial charge in [0, 0.05) is 53.6 Å². The minimum absolute atomic E-state index is 0.0766. The summed E-state index contributed by atoms with van der Waals surface area (Å²) in [6.45, 7) is 8.78. The fourth-order valence-electron chi connectivity index (χ4n) is 4.63. The van der Waals surface area contributed by atoms with E-state index in [1.165, 1.54) is 4.90 Å². The number of amides is 1. The molecule has 1 amide bonds. The number of nitrogens with zero attached hydrogens (tertiary/aromatic N) is 2. The highest BCUT2D eigenvalue weighted by Gasteiger charge is 2.24. The van der Waals surface area contributed by atoms with Gasteiger partial charge < -0.3 is 24.1 Å². The Bertz CT molecular complexity index is 1460. The predicted octanol–water partition coefficient (Wildman–Crippen LogP) is 6.65. The number of furan rings is 1. The molecule has 0 radical (unpaired) electrons. The van der Waals surface area contributed by atoms with Crippen LogP contribution in [-0.2, 0) is 9.53 Å². The Balaban J connectivity index is 1.51. The van der Waals surface area contributed by atoms with E-state index in [1.54, 1.807) is 39.4 Å². The predicted molar refractivity (Wildman–Crippen MR) is 157 cm³/mol. The van der Waals surface area contributed by atoms with E-state index in [2.05, 4.69) is 37.1 Å². The van der Waals surface area contributed by atoms with Gasteiger partial charge in [0.25, 0.3) is 5.91 Å². The summed E-state index contributed by atoms with van der Waals surface area (Å²) in [4.78, 5) is 30.3. The number of pyridine rings is 1. The summed E-state index contributed by atoms with van der Waals surface area (Å²) < 4.78 is 16.5. The van der Waals surface area contributed by atoms with Gasteiger partial charge >= 0.3 is 5.97 Å². The van der Waals surface area contributed by atoms with Gasteiger partial charge in [-0.3, -0.25) is 9.59 Å². The van der Waals surface area contributed by atoms with Gasteiger partial charge in [-0.1, -0.05) is 19.9 Å². The smallest absolute Gasteiger partial charge is 0.307 e. The zero-order valence-corrected chi connectivity index (χ0v) is 24.0. The van der Waals surface area contributed by atoms with Gasteiger partial charge in [0.1, 0.15) is 11.3 Å². The van der Waals surface area contributed by atoms with Crippen LogP contribution in [0.1, 0.15) is 54.9 Å². The molecular weight excluding hydrogens is 506 g/mol. The lowest BCUT2D eigenvalue weighted by molar-refractivity contribution is -0.143. The van der Waals surface area contributed by atoms with Gasteiger partial charge in [-0.2, -0.15) is 0 Å². The van der Waals surface area contributed by atoms with Gasteiger partial charge in [-0.15, -0.1) is 0 Å². The second kappa shape index (κ2) is 12.7. The van der Waals surface area contributed by atoms with Crippen LogP contribution in [0.25, 0.3) is 22.1 Å². The molecule has 2 heterocycles. The molecule has 4 rings (SSSR count). The summed E-state index contributed by atoms with van der Waals surface area (Å²) in [6.07, 6.45) is 1.97. The molecule has 0 aliphatic rings. The van der Waals surface area contributed by atoms with Crippen LogP contribution in [0.3, 0.4) is 0 Å². The van der Waals surface area contributed by atoms with E-state index in [-0.39, 0.29) is 30.3 Å². The SMILES string of the molecule is CCOC(=O)CCN(C)C(=O)c1ccc(NC(c2oc3ccc(-c4ccc(OC)nc4)cc3c2C)C(C)C)cc1. The standard InChI is InChI=1S/C32H37N3O5/c1-7-39-29(36)16-17-35(5)32(37)22-8-12-25(13-9-22)34-30(20(2)3)31-21(4)26-18-23(10-14-27(26)40-31)24-11-15-28(38-6)33-19-24/h8-15,18-20,30,34H,7,16-17H2,1-6H3. The highest BCUT2D eigenvalue weighted by molar-refractivity contribution is 5.94. The van der Waals surface area contributed by atoms with Crippen molar-refractivity contribution in [2.24, 2.45) is 5.92 Å². The van der Waals surface area contributed by atoms with E-state index in [1.807, 2.05) is 36.4 Å². The number of carbonyl (C=O) groups excluding carboxylic acids is 2. The maximum absolute atomic E-state index is 12.8. The van der Waals surface area contributed by atoms with Crippen LogP contribution in [0, 0.1) is 12.8 Å². The number of esters is 1. The lowest BCUT2D eigenvalue weighted by Gasteiger charge is -2.23. The van der Waals surface area contributed by atoms with Crippen LogP contribution in [0.15, 0.2) is 65.2 Å². The fourth-order valence-corrected chi connectivity index (χ4v) is 4.63. The molecule has 0 aliphatic heterocycles. The number of nitrogens with one attached hydrogen (secondary N) is 1. The van der Waals surface area contributed by atoms with Crippen molar-refractivity contribution in [3.8, 4) is 17.0 Å². The monoisotopic (exact) mass is 543 g/mol. The molecule has 0 aliphatic carbocycles. The molecule has 8 heteroatoms. The lowest BCUT2D eigenvalue weighted by atomic mass is 9.97. The quantitative estimate of drug-likeness (QED) is 0.212. The van der Waals surface area contributed by atoms with Crippen molar-refractivity contribution in [3.05, 3.63) is 77.7 Å². The molecule has 1 atom stereocenters. The topological polar surface area (TPSA) is 93.9 Å². The third-order valence-corrected chi connectivity index (χ3v) is 6.96. The highest BCUT2D eigenvalue weighted by Crippen LogP contribution is 2.37. The Morgan fingerprint density at radius 3 is 2.40 bits per heavy atom. The molecule has 1 N–H and O–H groups in total. The number of aromatic nitrogens is 1. The van der Waals surface area contributed by atoms with Crippen LogP contribution >= 0.6 is 0 Å². The van der Waals surface area contributed by atoms with Crippen molar-refractivity contribution in [1.82, 2.24) is 9.88 Å². The summed E-state index contributed by atoms with van der Waals surface area (Å²) in [5.41, 5.74) is 5.41. The minimum atomic E-state index is -0.309. The van der Waals surface area contributed by atoms with E-state index < -0.39 is 0 Å². The molecule has 1 unspecified atom stereocenters. The third-order valence-electron chi connectivity index (χ3n) is 6.96. The number of aryl methyl sites for hydroxylation is 1. The zero-order chi connectivity index (χ0) is 28.8. The molecule has 0 bridgehead atoms. The largest absolute Gasteiger partial charge is 0.481 e. The van der Waals surface area contributed by atoms with E-state index >= 15 is 0 Å². The van der Waals surface area contributed by atoms with E-state index in [4.69, 9.17) is 13.9 Å². The van der Waals surface area contributed by atoms with Crippen molar-refractivity contribution >= 4 is 28.5 Å². The number of rotatable bonds is 11. The normalized spacial score (nSPS) is 11.9. The average molecular weight is 544 g/mol. The first kappa shape index (κ1) is 28.7. The Kier molecular flexibility index (Phi) is 9.09. The zero-order valence-electron chi connectivity index (χ0n) is 24.0. The number of fused-ring (bicyclic) bond motifs is 1. The maximum atomic E-state index is 12.8. The average Bonchev–Trinajstić information content (AvgIpc) is 3.29. The number of methoxy groups -OCH3 is 1. The van der Waals surface area contributed by atoms with Crippen LogP contribution in [0.2, 0.25) is 0 Å². The van der Waals surface area contributed by atoms with Crippen LogP contribution < -0.4 is 10.1 Å². The molecule has 0 spiro atoms. The maximum Gasteiger partial charge on any atom is 0.307 e. The first-order valence-corrected chi connectivity index (χ1v) is 13.5. The molecule has 2 aromatic heterocycles. The lowest BCUT2D eigenvalue weighted by Crippen LogP contribution is -2.29. The Labute approximate surface area is 235 Å². The van der Waals surface area contributed by atoms with Crippen molar-refractivity contribution in [1.29, 1.82) is 0 Å². The molecule has 4 aromatic rings. The Morgan fingerprint density at radius 2 is 1.77 bits per heavy atom. The van der Waals surface area contributed by atoms with Gasteiger partial charge in [-0.05, 0) is 67.8 Å². The van der Waals surface area contributed by atoms with E-state index in [0.717, 1.165) is 39.1 Å². The molecule has 0 saturated carbocycles. The molecule has 210 valence electrons. The Morgan fingerprint density at radius 1 is 1.05 bits per heavy atom. The van der Waals surface area contributed by atoms with Gasteiger partial charge in [0.15, 0.2) is 0 Å². The second-order valence-electron chi connectivity index (χ2n) is 10.1. The molecule has 0 saturated heterocycles. The van der Waals surface area contributed by atoms with Gasteiger partial charge in [-0.25, -0.2) is 4.98 Å². The number of hydrogen-bond donors (Lipinski definition) is 1. The highest BCUT2D eigenvalue weighted by atomic mass is 16.5. The number of benzene rings is 2. The number of ether oxygens (including phenoxy) is 2. The van der Waals surface area contributed by atoms with E-state index in [0.29, 0.717) is 24.6 Å². The molecule has 40 heavy (non-hydrogen) atoms. The van der Waals surface area contributed by atoms with Gasteiger partial charge in [0.2, 0.25) is 5.88 Å².